The number of ether oxygens (including phenoxy) is 1. The van der Waals surface area contributed by atoms with E-state index < -0.39 is 0 Å². The summed E-state index contributed by atoms with van der Waals surface area (Å²) in [5.74, 6) is 1.93. The van der Waals surface area contributed by atoms with Gasteiger partial charge in [0.1, 0.15) is 18.0 Å². The molecule has 6 nitrogen and oxygen atoms in total. The molecular weight excluding hydrogens is 244 g/mol. The predicted molar refractivity (Wildman–Crippen MR) is 72.5 cm³/mol. The molecule has 0 saturated carbocycles. The van der Waals surface area contributed by atoms with Crippen LogP contribution in [0.3, 0.4) is 0 Å². The number of aliphatic hydroxyl groups excluding tert-OH is 1. The molecule has 0 unspecified atom stereocenters. The highest BCUT2D eigenvalue weighted by Crippen LogP contribution is 2.21. The SMILES string of the molecule is OC1CCN(c2cc(N3CCOCC3)ncn2)CC1. The van der Waals surface area contributed by atoms with Crippen LogP contribution in [0.15, 0.2) is 12.4 Å². The van der Waals surface area contributed by atoms with Crippen molar-refractivity contribution in [3.05, 3.63) is 12.4 Å². The molecule has 19 heavy (non-hydrogen) atoms. The molecule has 0 bridgehead atoms. The highest BCUT2D eigenvalue weighted by molar-refractivity contribution is 5.50. The van der Waals surface area contributed by atoms with Crippen molar-refractivity contribution in [1.29, 1.82) is 0 Å². The number of hydrogen-bond acceptors (Lipinski definition) is 6. The first-order valence-electron chi connectivity index (χ1n) is 6.91. The Morgan fingerprint density at radius 1 is 1.00 bits per heavy atom. The maximum Gasteiger partial charge on any atom is 0.134 e. The summed E-state index contributed by atoms with van der Waals surface area (Å²) in [6, 6.07) is 2.04. The minimum atomic E-state index is -0.156. The van der Waals surface area contributed by atoms with Crippen molar-refractivity contribution in [3.63, 3.8) is 0 Å². The van der Waals surface area contributed by atoms with Crippen LogP contribution in [0, 0.1) is 0 Å². The highest BCUT2D eigenvalue weighted by atomic mass is 16.5. The Balaban J connectivity index is 1.72. The van der Waals surface area contributed by atoms with Gasteiger partial charge in [-0.3, -0.25) is 0 Å². The van der Waals surface area contributed by atoms with Gasteiger partial charge in [-0.25, -0.2) is 9.97 Å². The van der Waals surface area contributed by atoms with Gasteiger partial charge in [0.05, 0.1) is 19.3 Å². The first-order chi connectivity index (χ1) is 9.33. The Morgan fingerprint density at radius 3 is 2.21 bits per heavy atom. The van der Waals surface area contributed by atoms with Crippen molar-refractivity contribution in [2.45, 2.75) is 18.9 Å². The lowest BCUT2D eigenvalue weighted by atomic mass is 10.1. The molecule has 104 valence electrons. The van der Waals surface area contributed by atoms with E-state index in [9.17, 15) is 5.11 Å². The van der Waals surface area contributed by atoms with Crippen LogP contribution >= 0.6 is 0 Å². The van der Waals surface area contributed by atoms with E-state index in [1.165, 1.54) is 0 Å². The minimum absolute atomic E-state index is 0.156. The van der Waals surface area contributed by atoms with Crippen molar-refractivity contribution >= 4 is 11.6 Å². The summed E-state index contributed by atoms with van der Waals surface area (Å²) in [5, 5.41) is 9.55. The molecule has 0 spiro atoms. The van der Waals surface area contributed by atoms with Gasteiger partial charge in [-0.2, -0.15) is 0 Å². The van der Waals surface area contributed by atoms with Crippen LogP contribution in [0.4, 0.5) is 11.6 Å². The van der Waals surface area contributed by atoms with Crippen molar-refractivity contribution < 1.29 is 9.84 Å². The molecule has 0 aromatic carbocycles. The third-order valence-electron chi connectivity index (χ3n) is 3.76. The van der Waals surface area contributed by atoms with Crippen LogP contribution in [0.25, 0.3) is 0 Å². The highest BCUT2D eigenvalue weighted by Gasteiger charge is 2.19. The van der Waals surface area contributed by atoms with Gasteiger partial charge in [-0.15, -0.1) is 0 Å². The van der Waals surface area contributed by atoms with Crippen LogP contribution in [0.2, 0.25) is 0 Å². The number of piperidine rings is 1. The molecule has 0 aliphatic carbocycles. The molecule has 3 heterocycles. The van der Waals surface area contributed by atoms with Gasteiger partial charge in [0.25, 0.3) is 0 Å². The van der Waals surface area contributed by atoms with Gasteiger partial charge in [-0.1, -0.05) is 0 Å². The number of anilines is 2. The van der Waals surface area contributed by atoms with E-state index in [4.69, 9.17) is 4.74 Å². The van der Waals surface area contributed by atoms with Crippen molar-refractivity contribution in [2.24, 2.45) is 0 Å². The summed E-state index contributed by atoms with van der Waals surface area (Å²) in [4.78, 5) is 13.2. The number of aromatic nitrogens is 2. The van der Waals surface area contributed by atoms with E-state index in [2.05, 4.69) is 19.8 Å². The Kier molecular flexibility index (Phi) is 3.79. The Bertz CT molecular complexity index is 415. The van der Waals surface area contributed by atoms with E-state index in [-0.39, 0.29) is 6.10 Å². The Hall–Kier alpha value is -1.40. The minimum Gasteiger partial charge on any atom is -0.393 e. The summed E-state index contributed by atoms with van der Waals surface area (Å²) in [6.45, 7) is 5.01. The molecule has 2 saturated heterocycles. The monoisotopic (exact) mass is 264 g/mol. The summed E-state index contributed by atoms with van der Waals surface area (Å²) in [6.07, 6.45) is 3.11. The lowest BCUT2D eigenvalue weighted by molar-refractivity contribution is 0.122. The summed E-state index contributed by atoms with van der Waals surface area (Å²) >= 11 is 0. The number of rotatable bonds is 2. The summed E-state index contributed by atoms with van der Waals surface area (Å²) in [7, 11) is 0. The zero-order valence-corrected chi connectivity index (χ0v) is 11.0. The molecular formula is C13H20N4O2. The third kappa shape index (κ3) is 2.96. The second kappa shape index (κ2) is 5.71. The maximum absolute atomic E-state index is 9.55. The van der Waals surface area contributed by atoms with E-state index in [1.54, 1.807) is 6.33 Å². The molecule has 1 aromatic rings. The van der Waals surface area contributed by atoms with Crippen molar-refractivity contribution in [2.75, 3.05) is 49.2 Å². The number of hydrogen-bond donors (Lipinski definition) is 1. The fourth-order valence-corrected chi connectivity index (χ4v) is 2.57. The van der Waals surface area contributed by atoms with Crippen LogP contribution in [-0.4, -0.2) is 60.6 Å². The van der Waals surface area contributed by atoms with Crippen molar-refractivity contribution in [1.82, 2.24) is 9.97 Å². The van der Waals surface area contributed by atoms with Gasteiger partial charge in [-0.05, 0) is 12.8 Å². The lowest BCUT2D eigenvalue weighted by Gasteiger charge is -2.32. The smallest absolute Gasteiger partial charge is 0.134 e. The normalized spacial score (nSPS) is 21.7. The van der Waals surface area contributed by atoms with E-state index >= 15 is 0 Å². The molecule has 0 atom stereocenters. The Labute approximate surface area is 113 Å². The molecule has 0 radical (unpaired) electrons. The average Bonchev–Trinajstić information content (AvgIpc) is 2.49. The molecule has 1 N–H and O–H groups in total. The zero-order chi connectivity index (χ0) is 13.1. The summed E-state index contributed by atoms with van der Waals surface area (Å²) in [5.41, 5.74) is 0. The fraction of sp³-hybridized carbons (Fsp3) is 0.692. The standard InChI is InChI=1S/C13H20N4O2/c18-11-1-3-16(4-2-11)12-9-13(15-10-14-12)17-5-7-19-8-6-17/h9-11,18H,1-8H2. The zero-order valence-electron chi connectivity index (χ0n) is 11.0. The predicted octanol–water partition coefficient (Wildman–Crippen LogP) is 0.274. The fourth-order valence-electron chi connectivity index (χ4n) is 2.57. The topological polar surface area (TPSA) is 61.7 Å². The number of aliphatic hydroxyl groups is 1. The quantitative estimate of drug-likeness (QED) is 0.827. The second-order valence-electron chi connectivity index (χ2n) is 5.05. The lowest BCUT2D eigenvalue weighted by Crippen LogP contribution is -2.38. The van der Waals surface area contributed by atoms with Gasteiger partial charge in [0, 0.05) is 32.2 Å². The second-order valence-corrected chi connectivity index (χ2v) is 5.05. The molecule has 3 rings (SSSR count). The molecule has 1 aromatic heterocycles. The first-order valence-corrected chi connectivity index (χ1v) is 6.91. The van der Waals surface area contributed by atoms with Crippen LogP contribution in [0.5, 0.6) is 0 Å². The van der Waals surface area contributed by atoms with Crippen molar-refractivity contribution in [3.8, 4) is 0 Å². The van der Waals surface area contributed by atoms with E-state index in [0.29, 0.717) is 0 Å². The van der Waals surface area contributed by atoms with Crippen LogP contribution in [0.1, 0.15) is 12.8 Å². The summed E-state index contributed by atoms with van der Waals surface area (Å²) < 4.78 is 5.36. The third-order valence-corrected chi connectivity index (χ3v) is 3.76. The van der Waals surface area contributed by atoms with Gasteiger partial charge in [0.15, 0.2) is 0 Å². The molecule has 6 heteroatoms. The van der Waals surface area contributed by atoms with Crippen LogP contribution < -0.4 is 9.80 Å². The Morgan fingerprint density at radius 2 is 1.58 bits per heavy atom. The maximum atomic E-state index is 9.55. The van der Waals surface area contributed by atoms with E-state index in [0.717, 1.165) is 63.9 Å². The first kappa shape index (κ1) is 12.6. The molecule has 2 fully saturated rings. The van der Waals surface area contributed by atoms with Gasteiger partial charge in [0.2, 0.25) is 0 Å². The van der Waals surface area contributed by atoms with Crippen LogP contribution in [-0.2, 0) is 4.74 Å². The molecule has 2 aliphatic heterocycles. The van der Waals surface area contributed by atoms with Gasteiger partial charge >= 0.3 is 0 Å². The molecule has 0 amide bonds. The molecule has 2 aliphatic rings. The number of nitrogens with zero attached hydrogens (tertiary/aromatic N) is 4. The number of morpholine rings is 1. The van der Waals surface area contributed by atoms with E-state index in [1.807, 2.05) is 6.07 Å². The average molecular weight is 264 g/mol. The largest absolute Gasteiger partial charge is 0.393 e. The van der Waals surface area contributed by atoms with Gasteiger partial charge < -0.3 is 19.6 Å².